The van der Waals surface area contributed by atoms with Gasteiger partial charge in [-0.25, -0.2) is 29.9 Å². The van der Waals surface area contributed by atoms with Crippen LogP contribution in [0.2, 0.25) is 5.02 Å². The van der Waals surface area contributed by atoms with E-state index in [1.807, 2.05) is 196 Å². The zero-order valence-corrected chi connectivity index (χ0v) is 61.8. The lowest BCUT2D eigenvalue weighted by Crippen LogP contribution is -2.26. The monoisotopic (exact) mass is 1530 g/mol. The van der Waals surface area contributed by atoms with E-state index in [0.717, 1.165) is 97.4 Å². The number of nitrogens with zero attached hydrogens (tertiary/aromatic N) is 12. The van der Waals surface area contributed by atoms with Gasteiger partial charge in [0, 0.05) is 65.7 Å². The number of anilines is 3. The van der Waals surface area contributed by atoms with E-state index in [4.69, 9.17) is 28.3 Å². The van der Waals surface area contributed by atoms with E-state index < -0.39 is 0 Å². The smallest absolute Gasteiger partial charge is 0.266 e. The number of isothiocyanates is 1. The lowest BCUT2D eigenvalue weighted by atomic mass is 9.96. The van der Waals surface area contributed by atoms with Gasteiger partial charge >= 0.3 is 0 Å². The first-order valence-electron chi connectivity index (χ1n) is 33.9. The van der Waals surface area contributed by atoms with Crippen LogP contribution in [0.3, 0.4) is 0 Å². The minimum absolute atomic E-state index is 0. The van der Waals surface area contributed by atoms with Gasteiger partial charge in [-0.2, -0.15) is 4.99 Å². The zero-order valence-electron chi connectivity index (χ0n) is 57.7. The van der Waals surface area contributed by atoms with Crippen LogP contribution in [0.25, 0.3) is 102 Å². The number of aromatic nitrogens is 11. The summed E-state index contributed by atoms with van der Waals surface area (Å²) in [6.45, 7) is 9.87. The molecular weight excluding hydrogens is 1460 g/mol. The number of aliphatic imine (C=N–C) groups is 1. The Balaban J connectivity index is 0.000000138. The predicted octanol–water partition coefficient (Wildman–Crippen LogP) is 19.0. The van der Waals surface area contributed by atoms with E-state index in [1.165, 1.54) is 16.9 Å². The molecule has 17 rings (SSSR count). The second-order valence-electron chi connectivity index (χ2n) is 24.8. The molecule has 0 aliphatic carbocycles. The molecule has 0 saturated carbocycles. The maximum absolute atomic E-state index is 14.5. The number of nitrogens with one attached hydrogen (secondary N) is 4. The molecule has 11 aromatic heterocycles. The van der Waals surface area contributed by atoms with Crippen molar-refractivity contribution in [1.82, 2.24) is 59.1 Å². The van der Waals surface area contributed by atoms with Crippen LogP contribution >= 0.6 is 57.8 Å². The molecule has 3 atom stereocenters. The second-order valence-corrected chi connectivity index (χ2v) is 28.1. The number of halogens is 1. The van der Waals surface area contributed by atoms with E-state index in [2.05, 4.69) is 90.2 Å². The Bertz CT molecular complexity index is 6500. The minimum Gasteiger partial charge on any atom is -0.363 e. The van der Waals surface area contributed by atoms with E-state index in [1.54, 1.807) is 91.8 Å². The number of thiazole rings is 3. The second kappa shape index (κ2) is 32.5. The normalized spacial score (nSPS) is 11.9. The quantitative estimate of drug-likeness (QED) is 0.0353. The van der Waals surface area contributed by atoms with Gasteiger partial charge in [-0.15, -0.1) is 34.0 Å². The van der Waals surface area contributed by atoms with Gasteiger partial charge in [0.2, 0.25) is 5.91 Å². The summed E-state index contributed by atoms with van der Waals surface area (Å²) in [5, 5.41) is 24.0. The Hall–Kier alpha value is -12.9. The van der Waals surface area contributed by atoms with Gasteiger partial charge in [0.15, 0.2) is 23.3 Å². The molecule has 4 N–H and O–H groups in total. The van der Waals surface area contributed by atoms with Crippen molar-refractivity contribution in [3.63, 3.8) is 0 Å². The average Bonchev–Trinajstić information content (AvgIpc) is 1.08. The van der Waals surface area contributed by atoms with Crippen molar-refractivity contribution in [3.8, 4) is 39.4 Å². The molecule has 1 amide bonds. The molecule has 0 bridgehead atoms. The Morgan fingerprint density at radius 3 is 1.50 bits per heavy atom. The number of benzene rings is 6. The lowest BCUT2D eigenvalue weighted by molar-refractivity contribution is -0.116. The number of carbonyl (C=O) groups is 1. The van der Waals surface area contributed by atoms with Crippen molar-refractivity contribution in [2.24, 2.45) is 4.99 Å². The van der Waals surface area contributed by atoms with E-state index in [-0.39, 0.29) is 48.1 Å². The summed E-state index contributed by atoms with van der Waals surface area (Å²) in [6.07, 6.45) is 11.3. The van der Waals surface area contributed by atoms with Crippen molar-refractivity contribution >= 4 is 155 Å². The highest BCUT2D eigenvalue weighted by atomic mass is 35.5. The van der Waals surface area contributed by atoms with Crippen LogP contribution in [0.5, 0.6) is 0 Å². The van der Waals surface area contributed by atoms with Gasteiger partial charge in [0.05, 0.1) is 92.7 Å². The van der Waals surface area contributed by atoms with E-state index in [0.29, 0.717) is 62.4 Å². The molecule has 0 unspecified atom stereocenters. The topological polar surface area (TPSA) is 260 Å². The zero-order chi connectivity index (χ0) is 74.4. The maximum Gasteiger partial charge on any atom is 0.266 e. The summed E-state index contributed by atoms with van der Waals surface area (Å²) in [6, 6.07) is 58.9. The van der Waals surface area contributed by atoms with Crippen LogP contribution in [-0.4, -0.2) is 64.8 Å². The first kappa shape index (κ1) is 73.0. The summed E-state index contributed by atoms with van der Waals surface area (Å²) in [5.74, 6) is 2.17. The van der Waals surface area contributed by atoms with Crippen molar-refractivity contribution < 1.29 is 9.32 Å². The Kier molecular flexibility index (Phi) is 21.8. The first-order chi connectivity index (χ1) is 52.8. The van der Waals surface area contributed by atoms with Crippen LogP contribution in [0.4, 0.5) is 23.1 Å². The Labute approximate surface area is 645 Å². The number of amides is 1. The lowest BCUT2D eigenvalue weighted by Gasteiger charge is -2.22. The third kappa shape index (κ3) is 15.1. The highest BCUT2D eigenvalue weighted by molar-refractivity contribution is 7.78. The summed E-state index contributed by atoms with van der Waals surface area (Å²) in [5.41, 5.74) is 16.0. The molecular formula is C83H65ClN16O5S4. The van der Waals surface area contributed by atoms with E-state index >= 15 is 0 Å². The van der Waals surface area contributed by atoms with Gasteiger partial charge < -0.3 is 25.8 Å². The standard InChI is InChI=1S/C33H27N5O2S.C29H20N6OS2.C20H14ClN5O2S.CH4/c1-3-29(39)35-19-22-9-7-10-23(17-22)26-14-8-11-24-18-27(38(33(40)30(24)26)25-12-5-4-6-13-25)21(2)37-32-31-28(15-16-34-32)41-20-36-31;1-18(34-28-27-25(10-11-31-28)38-17-33-27)24-13-19-6-5-9-23(20-12-21(32-16-37)15-30-14-20)26(19)29(36)35(24)22-7-3-2-4-8-22;1-11(24-19-18-15(5-7-22-19)29-10-23-18)14-9-12-3-2-4-13(21)17(12)20(27)26(14)16-6-8-28-25-16;/h3-18,20-21H,1,19H2,2H3,(H,34,37)(H,35,39);2-15,17-18H,1H3,(H,31,34);2-11H,1H3,(H,22,24);1H4/t21-;18-;11-;/m000./s1. The van der Waals surface area contributed by atoms with Crippen LogP contribution in [0.15, 0.2) is 278 Å². The molecule has 26 heteroatoms. The highest BCUT2D eigenvalue weighted by Crippen LogP contribution is 2.36. The van der Waals surface area contributed by atoms with Crippen molar-refractivity contribution in [2.75, 3.05) is 16.0 Å². The van der Waals surface area contributed by atoms with Gasteiger partial charge in [-0.1, -0.05) is 134 Å². The van der Waals surface area contributed by atoms with E-state index in [9.17, 15) is 19.2 Å². The average molecular weight is 1530 g/mol. The highest BCUT2D eigenvalue weighted by Gasteiger charge is 2.25. The summed E-state index contributed by atoms with van der Waals surface area (Å²) in [4.78, 5) is 89.0. The van der Waals surface area contributed by atoms with Gasteiger partial charge in [0.1, 0.15) is 22.8 Å². The number of pyridine rings is 7. The molecule has 109 heavy (non-hydrogen) atoms. The Morgan fingerprint density at radius 1 is 0.550 bits per heavy atom. The molecule has 0 aliphatic heterocycles. The number of fused-ring (bicyclic) bond motifs is 6. The Morgan fingerprint density at radius 2 is 1.02 bits per heavy atom. The molecule has 0 radical (unpaired) electrons. The third-order valence-electron chi connectivity index (χ3n) is 18.1. The summed E-state index contributed by atoms with van der Waals surface area (Å²) >= 11 is 15.8. The molecule has 0 aliphatic rings. The van der Waals surface area contributed by atoms with Gasteiger partial charge in [0.25, 0.3) is 16.7 Å². The summed E-state index contributed by atoms with van der Waals surface area (Å²) < 4.78 is 13.2. The summed E-state index contributed by atoms with van der Waals surface area (Å²) in [7, 11) is 0. The fourth-order valence-corrected chi connectivity index (χ4v) is 15.5. The van der Waals surface area contributed by atoms with Gasteiger partial charge in [-0.3, -0.25) is 37.9 Å². The fourth-order valence-electron chi connectivity index (χ4n) is 13.1. The molecule has 11 heterocycles. The number of hydrogen-bond donors (Lipinski definition) is 4. The number of para-hydroxylation sites is 2. The molecule has 538 valence electrons. The molecule has 0 spiro atoms. The molecule has 0 fully saturated rings. The number of carbonyl (C=O) groups excluding carboxylic acids is 1. The SMILES string of the molecule is C.C=CC(=O)NCc1cccc(-c2cccc3cc([C@H](C)Nc4nccc5scnc45)n(-c4ccccc4)c(=O)c23)c1.C[C@H](Nc1nccc2scnc12)c1cc2cccc(-c3cncc(N=C=S)c3)c2c(=O)n1-c1ccccc1.C[C@H](Nc1nccc2scnc12)c1cc2cccc(Cl)c2c(=O)n1-c1ccon1. The molecule has 0 saturated heterocycles. The molecule has 17 aromatic rings. The number of thiocarbonyl (C=S) groups is 1. The number of rotatable bonds is 18. The van der Waals surface area contributed by atoms with Crippen molar-refractivity contribution in [2.45, 2.75) is 52.9 Å². The predicted molar refractivity (Wildman–Crippen MR) is 444 cm³/mol. The van der Waals surface area contributed by atoms with Crippen molar-refractivity contribution in [3.05, 3.63) is 313 Å². The maximum atomic E-state index is 14.5. The van der Waals surface area contributed by atoms with Crippen molar-refractivity contribution in [1.29, 1.82) is 0 Å². The molecule has 21 nitrogen and oxygen atoms in total. The molecule has 6 aromatic carbocycles. The van der Waals surface area contributed by atoms with Crippen LogP contribution in [0, 0.1) is 0 Å². The third-order valence-corrected chi connectivity index (χ3v) is 20.9. The van der Waals surface area contributed by atoms with Gasteiger partial charge in [-0.05, 0) is 156 Å². The first-order valence-corrected chi connectivity index (χ1v) is 37.3. The van der Waals surface area contributed by atoms with Crippen LogP contribution in [-0.2, 0) is 11.3 Å². The fraction of sp³-hybridized carbons (Fsp3) is 0.0964. The minimum atomic E-state index is -0.275. The van der Waals surface area contributed by atoms with Crippen LogP contribution < -0.4 is 37.9 Å². The van der Waals surface area contributed by atoms with Crippen LogP contribution in [0.1, 0.15) is 69.0 Å². The largest absolute Gasteiger partial charge is 0.363 e. The number of hydrogen-bond acceptors (Lipinski definition) is 21.